The molecule has 0 saturated heterocycles. The van der Waals surface area contributed by atoms with Crippen molar-refractivity contribution in [2.75, 3.05) is 0 Å². The molecule has 2 N–H and O–H groups in total. The Bertz CT molecular complexity index is 810. The van der Waals surface area contributed by atoms with Crippen molar-refractivity contribution in [3.8, 4) is 0 Å². The molecular weight excluding hydrogens is 356 g/mol. The fourth-order valence-electron chi connectivity index (χ4n) is 7.67. The van der Waals surface area contributed by atoms with E-state index >= 15 is 0 Å². The molecule has 5 heteroatoms. The third kappa shape index (κ3) is 2.28. The van der Waals surface area contributed by atoms with Crippen molar-refractivity contribution < 1.29 is 24.5 Å². The lowest BCUT2D eigenvalue weighted by atomic mass is 9.49. The molecule has 150 valence electrons. The summed E-state index contributed by atoms with van der Waals surface area (Å²) in [7, 11) is 0. The average molecular weight is 384 g/mol. The lowest BCUT2D eigenvalue weighted by Crippen LogP contribution is -2.55. The van der Waals surface area contributed by atoms with Gasteiger partial charge in [-0.1, -0.05) is 19.1 Å². The van der Waals surface area contributed by atoms with Gasteiger partial charge in [0.1, 0.15) is 0 Å². The van der Waals surface area contributed by atoms with Crippen LogP contribution in [0.25, 0.3) is 0 Å². The summed E-state index contributed by atoms with van der Waals surface area (Å²) in [5, 5.41) is 20.6. The number of ether oxygens (including phenoxy) is 1. The third-order valence-corrected chi connectivity index (χ3v) is 8.74. The summed E-state index contributed by atoms with van der Waals surface area (Å²) in [6.45, 7) is 2.16. The first-order valence-electron chi connectivity index (χ1n) is 10.6. The van der Waals surface area contributed by atoms with Crippen LogP contribution >= 0.6 is 0 Å². The molecule has 8 atom stereocenters. The third-order valence-electron chi connectivity index (χ3n) is 8.74. The molecule has 3 saturated carbocycles. The lowest BCUT2D eigenvalue weighted by molar-refractivity contribution is -0.118. The molecule has 5 aliphatic carbocycles. The molecule has 0 aliphatic heterocycles. The largest absolute Gasteiger partial charge is 0.510 e. The molecule has 5 aliphatic rings. The van der Waals surface area contributed by atoms with E-state index in [9.17, 15) is 14.7 Å². The van der Waals surface area contributed by atoms with Gasteiger partial charge in [-0.05, 0) is 85.3 Å². The Labute approximate surface area is 165 Å². The van der Waals surface area contributed by atoms with Crippen LogP contribution in [-0.4, -0.2) is 27.8 Å². The quantitative estimate of drug-likeness (QED) is 0.566. The fraction of sp³-hybridized carbons (Fsp3) is 0.652. The lowest BCUT2D eigenvalue weighted by Gasteiger charge is -2.56. The van der Waals surface area contributed by atoms with Gasteiger partial charge in [-0.15, -0.1) is 0 Å². The van der Waals surface area contributed by atoms with Crippen LogP contribution in [0.1, 0.15) is 45.4 Å². The number of fused-ring (bicyclic) bond motifs is 7. The number of allylic oxidation sites excluding steroid dienone is 4. The van der Waals surface area contributed by atoms with E-state index in [2.05, 4.69) is 23.8 Å². The highest BCUT2D eigenvalue weighted by molar-refractivity contribution is 5.91. The Morgan fingerprint density at radius 3 is 2.93 bits per heavy atom. The Hall–Kier alpha value is -1.88. The minimum Gasteiger partial charge on any atom is -0.449 e. The molecule has 0 amide bonds. The molecule has 5 rings (SSSR count). The van der Waals surface area contributed by atoms with Crippen molar-refractivity contribution in [3.63, 3.8) is 0 Å². The van der Waals surface area contributed by atoms with Crippen molar-refractivity contribution in [2.24, 2.45) is 40.9 Å². The SMILES string of the molecule is CC[C@]12CC[C@H]3[C@@H](C=CC4=CC(=O)CC[C@@H]43)[C@@H]1[C@@H]1C[C@@H]1[C@@]2(O)/C=C\OC(=O)O. The first-order valence-corrected chi connectivity index (χ1v) is 10.6. The summed E-state index contributed by atoms with van der Waals surface area (Å²) < 4.78 is 4.62. The van der Waals surface area contributed by atoms with E-state index in [1.165, 1.54) is 11.8 Å². The van der Waals surface area contributed by atoms with E-state index in [0.717, 1.165) is 32.1 Å². The number of carbonyl (C=O) groups is 2. The first kappa shape index (κ1) is 18.2. The highest BCUT2D eigenvalue weighted by atomic mass is 16.7. The van der Waals surface area contributed by atoms with Gasteiger partial charge in [0.05, 0.1) is 11.9 Å². The monoisotopic (exact) mass is 384 g/mol. The minimum atomic E-state index is -1.35. The zero-order valence-electron chi connectivity index (χ0n) is 16.2. The van der Waals surface area contributed by atoms with Crippen molar-refractivity contribution in [2.45, 2.75) is 51.0 Å². The number of aliphatic hydroxyl groups is 1. The number of hydrogen-bond acceptors (Lipinski definition) is 4. The molecule has 0 heterocycles. The summed E-state index contributed by atoms with van der Waals surface area (Å²) in [6, 6.07) is 0. The second-order valence-electron chi connectivity index (χ2n) is 9.45. The molecule has 0 radical (unpaired) electrons. The Morgan fingerprint density at radius 1 is 1.36 bits per heavy atom. The highest BCUT2D eigenvalue weighted by Gasteiger charge is 2.75. The van der Waals surface area contributed by atoms with E-state index in [1.54, 1.807) is 6.08 Å². The zero-order chi connectivity index (χ0) is 19.7. The van der Waals surface area contributed by atoms with Crippen LogP contribution in [-0.2, 0) is 9.53 Å². The zero-order valence-corrected chi connectivity index (χ0v) is 16.2. The minimum absolute atomic E-state index is 0.197. The Morgan fingerprint density at radius 2 is 2.18 bits per heavy atom. The fourth-order valence-corrected chi connectivity index (χ4v) is 7.67. The van der Waals surface area contributed by atoms with Gasteiger partial charge in [0, 0.05) is 11.8 Å². The summed E-state index contributed by atoms with van der Waals surface area (Å²) in [5.74, 6) is 2.80. The van der Waals surface area contributed by atoms with Crippen molar-refractivity contribution >= 4 is 11.9 Å². The number of carbonyl (C=O) groups excluding carboxylic acids is 1. The van der Waals surface area contributed by atoms with Crippen molar-refractivity contribution in [1.29, 1.82) is 0 Å². The molecule has 28 heavy (non-hydrogen) atoms. The smallest absolute Gasteiger partial charge is 0.449 e. The maximum Gasteiger partial charge on any atom is 0.510 e. The summed E-state index contributed by atoms with van der Waals surface area (Å²) in [4.78, 5) is 22.6. The van der Waals surface area contributed by atoms with E-state index in [4.69, 9.17) is 5.11 Å². The molecule has 0 aromatic rings. The second kappa shape index (κ2) is 6.06. The number of ketones is 1. The van der Waals surface area contributed by atoms with Gasteiger partial charge in [0.2, 0.25) is 0 Å². The standard InChI is InChI=1S/C23H28O5/c1-2-22-8-7-16-15-6-4-14(24)11-13(15)3-5-17(16)20(22)18-12-19(18)23(22,27)9-10-28-21(25)26/h3,5,9-11,15-20,27H,2,4,6-8,12H2,1H3,(H,25,26)/b10-9-/t15-,16+,17+,18+,19-,20+,22-,23-/m0/s1. The van der Waals surface area contributed by atoms with Gasteiger partial charge in [-0.2, -0.15) is 0 Å². The van der Waals surface area contributed by atoms with Crippen LogP contribution in [0.3, 0.4) is 0 Å². The molecule has 0 spiro atoms. The number of hydrogen-bond donors (Lipinski definition) is 2. The van der Waals surface area contributed by atoms with Gasteiger partial charge >= 0.3 is 6.16 Å². The topological polar surface area (TPSA) is 83.8 Å². The van der Waals surface area contributed by atoms with Crippen LogP contribution in [0.15, 0.2) is 36.1 Å². The van der Waals surface area contributed by atoms with E-state index in [1.807, 2.05) is 6.08 Å². The van der Waals surface area contributed by atoms with Gasteiger partial charge < -0.3 is 14.9 Å². The predicted molar refractivity (Wildman–Crippen MR) is 102 cm³/mol. The van der Waals surface area contributed by atoms with Gasteiger partial charge in [0.15, 0.2) is 5.78 Å². The summed E-state index contributed by atoms with van der Waals surface area (Å²) in [5.41, 5.74) is -0.0167. The highest BCUT2D eigenvalue weighted by Crippen LogP contribution is 2.76. The molecule has 5 nitrogen and oxygen atoms in total. The van der Waals surface area contributed by atoms with Crippen LogP contribution in [0.5, 0.6) is 0 Å². The first-order chi connectivity index (χ1) is 13.4. The Kier molecular flexibility index (Phi) is 3.93. The van der Waals surface area contributed by atoms with Gasteiger partial charge in [0.25, 0.3) is 0 Å². The van der Waals surface area contributed by atoms with E-state index < -0.39 is 11.8 Å². The van der Waals surface area contributed by atoms with Crippen molar-refractivity contribution in [3.05, 3.63) is 36.1 Å². The maximum absolute atomic E-state index is 11.8. The van der Waals surface area contributed by atoms with E-state index in [0.29, 0.717) is 36.0 Å². The number of rotatable bonds is 3. The summed E-state index contributed by atoms with van der Waals surface area (Å²) >= 11 is 0. The molecule has 0 bridgehead atoms. The normalized spacial score (nSPS) is 48.4. The molecule has 0 aromatic carbocycles. The van der Waals surface area contributed by atoms with Crippen LogP contribution in [0.2, 0.25) is 0 Å². The van der Waals surface area contributed by atoms with Crippen LogP contribution in [0, 0.1) is 40.9 Å². The molecule has 3 fully saturated rings. The summed E-state index contributed by atoms with van der Waals surface area (Å²) in [6.07, 6.45) is 13.3. The molecule has 0 aromatic heterocycles. The number of carboxylic acid groups (broad SMARTS) is 1. The maximum atomic E-state index is 11.8. The van der Waals surface area contributed by atoms with Gasteiger partial charge in [-0.25, -0.2) is 4.79 Å². The van der Waals surface area contributed by atoms with Gasteiger partial charge in [-0.3, -0.25) is 4.79 Å². The van der Waals surface area contributed by atoms with Crippen LogP contribution < -0.4 is 0 Å². The predicted octanol–water partition coefficient (Wildman–Crippen LogP) is 4.09. The van der Waals surface area contributed by atoms with E-state index in [-0.39, 0.29) is 17.1 Å². The van der Waals surface area contributed by atoms with Crippen molar-refractivity contribution in [1.82, 2.24) is 0 Å². The second-order valence-corrected chi connectivity index (χ2v) is 9.45. The van der Waals surface area contributed by atoms with Crippen LogP contribution in [0.4, 0.5) is 4.79 Å². The average Bonchev–Trinajstić information content (AvgIpc) is 3.43. The Balaban J connectivity index is 1.51. The molecule has 0 unspecified atom stereocenters. The molecular formula is C23H28O5.